The highest BCUT2D eigenvalue weighted by atomic mass is 32.2. The van der Waals surface area contributed by atoms with Crippen molar-refractivity contribution in [1.29, 1.82) is 0 Å². The summed E-state index contributed by atoms with van der Waals surface area (Å²) in [6, 6.07) is 5.62. The van der Waals surface area contributed by atoms with Crippen LogP contribution in [0.4, 0.5) is 0 Å². The lowest BCUT2D eigenvalue weighted by Crippen LogP contribution is -2.53. The molecule has 1 heterocycles. The Morgan fingerprint density at radius 2 is 1.82 bits per heavy atom. The lowest BCUT2D eigenvalue weighted by Gasteiger charge is -2.51. The van der Waals surface area contributed by atoms with Crippen LogP contribution in [0.15, 0.2) is 23.1 Å². The van der Waals surface area contributed by atoms with Crippen molar-refractivity contribution in [3.8, 4) is 0 Å². The van der Waals surface area contributed by atoms with E-state index in [2.05, 4.69) is 0 Å². The Kier molecular flexibility index (Phi) is 3.36. The maximum absolute atomic E-state index is 12.8. The fourth-order valence-electron chi connectivity index (χ4n) is 4.29. The number of hydrogen-bond acceptors (Lipinski definition) is 3. The van der Waals surface area contributed by atoms with Crippen LogP contribution in [-0.2, 0) is 22.9 Å². The molecule has 1 atom stereocenters. The van der Waals surface area contributed by atoms with Gasteiger partial charge in [0.15, 0.2) is 0 Å². The van der Waals surface area contributed by atoms with E-state index in [0.29, 0.717) is 18.0 Å². The highest BCUT2D eigenvalue weighted by Crippen LogP contribution is 2.49. The monoisotopic (exact) mass is 321 g/mol. The van der Waals surface area contributed by atoms with Gasteiger partial charge in [0, 0.05) is 13.1 Å². The van der Waals surface area contributed by atoms with Crippen LogP contribution in [0, 0.1) is 5.41 Å². The van der Waals surface area contributed by atoms with Crippen molar-refractivity contribution in [2.24, 2.45) is 5.41 Å². The van der Waals surface area contributed by atoms with Gasteiger partial charge in [0.05, 0.1) is 11.0 Å². The number of nitrogens with zero attached hydrogens (tertiary/aromatic N) is 1. The fourth-order valence-corrected chi connectivity index (χ4v) is 5.79. The van der Waals surface area contributed by atoms with Crippen molar-refractivity contribution in [3.63, 3.8) is 0 Å². The number of aliphatic hydroxyl groups excluding tert-OH is 1. The fraction of sp³-hybridized carbons (Fsp3) is 0.647. The molecule has 1 saturated carbocycles. The molecule has 2 fully saturated rings. The van der Waals surface area contributed by atoms with Crippen LogP contribution in [0.3, 0.4) is 0 Å². The number of fused-ring (bicyclic) bond motifs is 1. The van der Waals surface area contributed by atoms with Crippen molar-refractivity contribution in [3.05, 3.63) is 29.3 Å². The minimum Gasteiger partial charge on any atom is -0.393 e. The van der Waals surface area contributed by atoms with E-state index in [-0.39, 0.29) is 11.5 Å². The van der Waals surface area contributed by atoms with Gasteiger partial charge < -0.3 is 5.11 Å². The molecule has 22 heavy (non-hydrogen) atoms. The summed E-state index contributed by atoms with van der Waals surface area (Å²) in [4.78, 5) is 0.443. The molecule has 1 spiro atoms. The van der Waals surface area contributed by atoms with E-state index < -0.39 is 10.0 Å². The highest BCUT2D eigenvalue weighted by Gasteiger charge is 2.48. The van der Waals surface area contributed by atoms with Crippen molar-refractivity contribution in [2.45, 2.75) is 55.9 Å². The summed E-state index contributed by atoms with van der Waals surface area (Å²) in [6.45, 7) is 1.08. The third kappa shape index (κ3) is 2.14. The molecule has 4 rings (SSSR count). The van der Waals surface area contributed by atoms with E-state index in [1.165, 1.54) is 11.1 Å². The maximum Gasteiger partial charge on any atom is 0.243 e. The Labute approximate surface area is 132 Å². The van der Waals surface area contributed by atoms with E-state index in [0.717, 1.165) is 44.9 Å². The van der Waals surface area contributed by atoms with Crippen LogP contribution in [0.5, 0.6) is 0 Å². The molecule has 3 aliphatic rings. The molecule has 1 aromatic rings. The largest absolute Gasteiger partial charge is 0.393 e. The smallest absolute Gasteiger partial charge is 0.243 e. The molecule has 1 N–H and O–H groups in total. The van der Waals surface area contributed by atoms with Gasteiger partial charge in [-0.2, -0.15) is 4.31 Å². The minimum atomic E-state index is -3.38. The van der Waals surface area contributed by atoms with Crippen molar-refractivity contribution in [1.82, 2.24) is 4.31 Å². The van der Waals surface area contributed by atoms with Gasteiger partial charge >= 0.3 is 0 Å². The SMILES string of the molecule is O=S(=O)(c1ccc2c(c1)CCC2)N1CCC2(CCC2O)CC1. The van der Waals surface area contributed by atoms with E-state index in [1.54, 1.807) is 10.4 Å². The first-order chi connectivity index (χ1) is 10.5. The van der Waals surface area contributed by atoms with Gasteiger partial charge in [-0.3, -0.25) is 0 Å². The summed E-state index contributed by atoms with van der Waals surface area (Å²) >= 11 is 0. The first kappa shape index (κ1) is 14.7. The van der Waals surface area contributed by atoms with Crippen molar-refractivity contribution < 1.29 is 13.5 Å². The maximum atomic E-state index is 12.8. The highest BCUT2D eigenvalue weighted by molar-refractivity contribution is 7.89. The number of aryl methyl sites for hydroxylation is 2. The quantitative estimate of drug-likeness (QED) is 0.907. The van der Waals surface area contributed by atoms with Crippen LogP contribution >= 0.6 is 0 Å². The summed E-state index contributed by atoms with van der Waals surface area (Å²) < 4.78 is 27.3. The first-order valence-electron chi connectivity index (χ1n) is 8.31. The normalized spacial score (nSPS) is 27.6. The zero-order valence-electron chi connectivity index (χ0n) is 12.8. The molecule has 1 unspecified atom stereocenters. The van der Waals surface area contributed by atoms with E-state index in [4.69, 9.17) is 0 Å². The Hall–Kier alpha value is -0.910. The van der Waals surface area contributed by atoms with E-state index in [1.807, 2.05) is 12.1 Å². The van der Waals surface area contributed by atoms with E-state index >= 15 is 0 Å². The van der Waals surface area contributed by atoms with Crippen LogP contribution in [0.1, 0.15) is 43.2 Å². The van der Waals surface area contributed by atoms with Gasteiger partial charge in [0.2, 0.25) is 10.0 Å². The van der Waals surface area contributed by atoms with Gasteiger partial charge in [-0.25, -0.2) is 8.42 Å². The second-order valence-corrected chi connectivity index (χ2v) is 9.04. The molecular weight excluding hydrogens is 298 g/mol. The summed E-state index contributed by atoms with van der Waals surface area (Å²) in [5, 5.41) is 9.97. The third-order valence-corrected chi connectivity index (χ3v) is 7.94. The molecule has 1 aromatic carbocycles. The molecule has 0 amide bonds. The Morgan fingerprint density at radius 3 is 2.45 bits per heavy atom. The zero-order valence-corrected chi connectivity index (χ0v) is 13.6. The molecule has 4 nitrogen and oxygen atoms in total. The molecule has 1 saturated heterocycles. The number of hydrogen-bond donors (Lipinski definition) is 1. The number of rotatable bonds is 2. The number of aliphatic hydroxyl groups is 1. The molecule has 0 radical (unpaired) electrons. The Bertz CT molecular complexity index is 690. The van der Waals surface area contributed by atoms with Crippen LogP contribution in [0.25, 0.3) is 0 Å². The second kappa shape index (κ2) is 5.05. The second-order valence-electron chi connectivity index (χ2n) is 7.11. The number of piperidine rings is 1. The topological polar surface area (TPSA) is 57.6 Å². The van der Waals surface area contributed by atoms with Gasteiger partial charge in [-0.05, 0) is 73.6 Å². The third-order valence-electron chi connectivity index (χ3n) is 6.05. The summed E-state index contributed by atoms with van der Waals surface area (Å²) in [6.07, 6.45) is 6.46. The van der Waals surface area contributed by atoms with Gasteiger partial charge in [-0.1, -0.05) is 6.07 Å². The average Bonchev–Trinajstić information content (AvgIpc) is 3.01. The Balaban J connectivity index is 1.54. The van der Waals surface area contributed by atoms with Crippen molar-refractivity contribution in [2.75, 3.05) is 13.1 Å². The first-order valence-corrected chi connectivity index (χ1v) is 9.75. The molecular formula is C17H23NO3S. The number of benzene rings is 1. The van der Waals surface area contributed by atoms with Crippen LogP contribution in [0.2, 0.25) is 0 Å². The molecule has 2 aliphatic carbocycles. The lowest BCUT2D eigenvalue weighted by molar-refractivity contribution is -0.0911. The molecule has 5 heteroatoms. The molecule has 120 valence electrons. The Morgan fingerprint density at radius 1 is 1.09 bits per heavy atom. The van der Waals surface area contributed by atoms with Gasteiger partial charge in [0.25, 0.3) is 0 Å². The standard InChI is InChI=1S/C17H23NO3S/c19-16-6-7-17(16)8-10-18(11-9-17)22(20,21)15-5-4-13-2-1-3-14(13)12-15/h4-5,12,16,19H,1-3,6-11H2. The van der Waals surface area contributed by atoms with Crippen molar-refractivity contribution >= 4 is 10.0 Å². The van der Waals surface area contributed by atoms with Gasteiger partial charge in [0.1, 0.15) is 0 Å². The lowest BCUT2D eigenvalue weighted by atomic mass is 9.61. The summed E-state index contributed by atoms with van der Waals surface area (Å²) in [5.74, 6) is 0. The van der Waals surface area contributed by atoms with Crippen LogP contribution < -0.4 is 0 Å². The molecule has 0 bridgehead atoms. The predicted octanol–water partition coefficient (Wildman–Crippen LogP) is 2.10. The predicted molar refractivity (Wildman–Crippen MR) is 84.1 cm³/mol. The summed E-state index contributed by atoms with van der Waals surface area (Å²) in [5.41, 5.74) is 2.50. The average molecular weight is 321 g/mol. The molecule has 0 aromatic heterocycles. The number of sulfonamides is 1. The summed E-state index contributed by atoms with van der Waals surface area (Å²) in [7, 11) is -3.38. The van der Waals surface area contributed by atoms with Gasteiger partial charge in [-0.15, -0.1) is 0 Å². The minimum absolute atomic E-state index is 0.00392. The zero-order chi connectivity index (χ0) is 15.4. The van der Waals surface area contributed by atoms with E-state index in [9.17, 15) is 13.5 Å². The molecule has 1 aliphatic heterocycles. The van der Waals surface area contributed by atoms with Crippen LogP contribution in [-0.4, -0.2) is 37.0 Å².